The molecule has 6 atom stereocenters. The number of carbonyl (C=O) groups excluding carboxylic acids is 3. The van der Waals surface area contributed by atoms with E-state index in [0.717, 1.165) is 0 Å². The standard InChI is InChI=1S/C17H22O8/c1-17(2,3)16(22)23-5-4-9(18)24-12-7-6-8-11(10(7)14(19)20)15(21)25-13(8)12/h7-8,10-13H,4-6H2,1-3H3,(H,19,20). The molecule has 3 rings (SSSR count). The van der Waals surface area contributed by atoms with Crippen LogP contribution in [0, 0.1) is 29.1 Å². The molecule has 6 unspecified atom stereocenters. The van der Waals surface area contributed by atoms with Gasteiger partial charge in [0.05, 0.1) is 23.7 Å². The Labute approximate surface area is 144 Å². The summed E-state index contributed by atoms with van der Waals surface area (Å²) < 4.78 is 15.7. The van der Waals surface area contributed by atoms with Crippen molar-refractivity contribution in [1.82, 2.24) is 0 Å². The Hall–Kier alpha value is -2.12. The number of esters is 3. The second-order valence-electron chi connectivity index (χ2n) is 7.95. The number of carboxylic acids is 1. The highest BCUT2D eigenvalue weighted by Crippen LogP contribution is 2.58. The van der Waals surface area contributed by atoms with E-state index < -0.39 is 59.3 Å². The van der Waals surface area contributed by atoms with Crippen molar-refractivity contribution in [2.45, 2.75) is 45.8 Å². The van der Waals surface area contributed by atoms with E-state index in [1.807, 2.05) is 0 Å². The predicted molar refractivity (Wildman–Crippen MR) is 81.0 cm³/mol. The largest absolute Gasteiger partial charge is 0.481 e. The number of hydrogen-bond acceptors (Lipinski definition) is 7. The summed E-state index contributed by atoms with van der Waals surface area (Å²) >= 11 is 0. The SMILES string of the molecule is CC(C)(C)C(=O)OCCC(=O)OC1C2CC3C1OC(=O)C3C2C(=O)O. The quantitative estimate of drug-likeness (QED) is 0.568. The Balaban J connectivity index is 1.57. The van der Waals surface area contributed by atoms with Gasteiger partial charge >= 0.3 is 23.9 Å². The molecule has 1 heterocycles. The van der Waals surface area contributed by atoms with Crippen LogP contribution in [-0.4, -0.2) is 47.8 Å². The summed E-state index contributed by atoms with van der Waals surface area (Å²) in [4.78, 5) is 47.1. The summed E-state index contributed by atoms with van der Waals surface area (Å²) in [5.41, 5.74) is -0.656. The van der Waals surface area contributed by atoms with Gasteiger partial charge in [-0.2, -0.15) is 0 Å². The van der Waals surface area contributed by atoms with Crippen LogP contribution in [0.15, 0.2) is 0 Å². The fourth-order valence-corrected chi connectivity index (χ4v) is 4.14. The number of fused-ring (bicyclic) bond motifs is 1. The Morgan fingerprint density at radius 3 is 2.52 bits per heavy atom. The molecule has 2 bridgehead atoms. The molecular weight excluding hydrogens is 332 g/mol. The average molecular weight is 354 g/mol. The molecule has 8 nitrogen and oxygen atoms in total. The lowest BCUT2D eigenvalue weighted by atomic mass is 9.78. The van der Waals surface area contributed by atoms with Gasteiger partial charge in [-0.3, -0.25) is 19.2 Å². The van der Waals surface area contributed by atoms with E-state index in [2.05, 4.69) is 0 Å². The molecule has 138 valence electrons. The van der Waals surface area contributed by atoms with Crippen LogP contribution in [0.1, 0.15) is 33.6 Å². The van der Waals surface area contributed by atoms with Gasteiger partial charge in [-0.1, -0.05) is 0 Å². The number of aliphatic carboxylic acids is 1. The molecule has 0 aromatic heterocycles. The van der Waals surface area contributed by atoms with E-state index in [4.69, 9.17) is 14.2 Å². The Morgan fingerprint density at radius 1 is 1.24 bits per heavy atom. The molecule has 0 aromatic rings. The van der Waals surface area contributed by atoms with Gasteiger partial charge in [0.2, 0.25) is 0 Å². The normalized spacial score (nSPS) is 35.4. The van der Waals surface area contributed by atoms with Crippen molar-refractivity contribution >= 4 is 23.9 Å². The van der Waals surface area contributed by atoms with E-state index in [-0.39, 0.29) is 18.9 Å². The highest BCUT2D eigenvalue weighted by molar-refractivity contribution is 5.85. The summed E-state index contributed by atoms with van der Waals surface area (Å²) in [6.07, 6.45) is -0.911. The van der Waals surface area contributed by atoms with Crippen LogP contribution in [0.5, 0.6) is 0 Å². The fraction of sp³-hybridized carbons (Fsp3) is 0.765. The molecule has 8 heteroatoms. The third kappa shape index (κ3) is 2.98. The van der Waals surface area contributed by atoms with Crippen molar-refractivity contribution in [3.8, 4) is 0 Å². The molecule has 2 saturated carbocycles. The minimum absolute atomic E-state index is 0.106. The maximum Gasteiger partial charge on any atom is 0.311 e. The molecule has 1 saturated heterocycles. The molecule has 3 fully saturated rings. The molecule has 0 aromatic carbocycles. The summed E-state index contributed by atoms with van der Waals surface area (Å²) in [7, 11) is 0. The van der Waals surface area contributed by atoms with Crippen LogP contribution >= 0.6 is 0 Å². The third-order valence-corrected chi connectivity index (χ3v) is 5.25. The topological polar surface area (TPSA) is 116 Å². The zero-order chi connectivity index (χ0) is 18.5. The van der Waals surface area contributed by atoms with E-state index in [1.165, 1.54) is 0 Å². The number of carbonyl (C=O) groups is 4. The first kappa shape index (κ1) is 17.7. The van der Waals surface area contributed by atoms with E-state index >= 15 is 0 Å². The smallest absolute Gasteiger partial charge is 0.311 e. The number of rotatable bonds is 5. The first-order chi connectivity index (χ1) is 11.6. The lowest BCUT2D eigenvalue weighted by molar-refractivity contribution is -0.167. The maximum absolute atomic E-state index is 12.0. The van der Waals surface area contributed by atoms with Crippen LogP contribution in [-0.2, 0) is 33.4 Å². The molecule has 2 aliphatic carbocycles. The molecule has 1 aliphatic heterocycles. The third-order valence-electron chi connectivity index (χ3n) is 5.25. The van der Waals surface area contributed by atoms with Crippen LogP contribution in [0.4, 0.5) is 0 Å². The Kier molecular flexibility index (Phi) is 4.25. The number of hydrogen-bond donors (Lipinski definition) is 1. The van der Waals surface area contributed by atoms with Crippen LogP contribution in [0.25, 0.3) is 0 Å². The van der Waals surface area contributed by atoms with Crippen molar-refractivity contribution in [2.24, 2.45) is 29.1 Å². The van der Waals surface area contributed by atoms with E-state index in [1.54, 1.807) is 20.8 Å². The van der Waals surface area contributed by atoms with E-state index in [0.29, 0.717) is 6.42 Å². The molecule has 25 heavy (non-hydrogen) atoms. The second-order valence-corrected chi connectivity index (χ2v) is 7.95. The molecule has 0 spiro atoms. The summed E-state index contributed by atoms with van der Waals surface area (Å²) in [5, 5.41) is 9.40. The van der Waals surface area contributed by atoms with Gasteiger partial charge < -0.3 is 19.3 Å². The average Bonchev–Trinajstić information content (AvgIpc) is 3.09. The minimum Gasteiger partial charge on any atom is -0.481 e. The summed E-state index contributed by atoms with van der Waals surface area (Å²) in [6.45, 7) is 5.02. The lowest BCUT2D eigenvalue weighted by Crippen LogP contribution is -2.43. The summed E-state index contributed by atoms with van der Waals surface area (Å²) in [5.74, 6) is -4.69. The molecular formula is C17H22O8. The molecule has 3 aliphatic rings. The Bertz CT molecular complexity index is 619. The number of carboxylic acid groups (broad SMARTS) is 1. The molecule has 1 N–H and O–H groups in total. The van der Waals surface area contributed by atoms with Gasteiger partial charge in [0.15, 0.2) is 0 Å². The summed E-state index contributed by atoms with van der Waals surface area (Å²) in [6, 6.07) is 0. The van der Waals surface area contributed by atoms with Crippen molar-refractivity contribution in [3.63, 3.8) is 0 Å². The highest BCUT2D eigenvalue weighted by atomic mass is 16.6. The van der Waals surface area contributed by atoms with Crippen LogP contribution in [0.2, 0.25) is 0 Å². The first-order valence-corrected chi connectivity index (χ1v) is 8.41. The van der Waals surface area contributed by atoms with Crippen LogP contribution in [0.3, 0.4) is 0 Å². The van der Waals surface area contributed by atoms with E-state index in [9.17, 15) is 24.3 Å². The predicted octanol–water partition coefficient (Wildman–Crippen LogP) is 0.770. The lowest BCUT2D eigenvalue weighted by Gasteiger charge is -2.29. The van der Waals surface area contributed by atoms with Crippen molar-refractivity contribution in [3.05, 3.63) is 0 Å². The molecule has 0 radical (unpaired) electrons. The second kappa shape index (κ2) is 6.00. The highest BCUT2D eigenvalue weighted by Gasteiger charge is 2.69. The van der Waals surface area contributed by atoms with Gasteiger partial charge in [-0.25, -0.2) is 0 Å². The Morgan fingerprint density at radius 2 is 1.92 bits per heavy atom. The van der Waals surface area contributed by atoms with Gasteiger partial charge in [0.1, 0.15) is 18.8 Å². The minimum atomic E-state index is -1.06. The van der Waals surface area contributed by atoms with Gasteiger partial charge in [0.25, 0.3) is 0 Å². The van der Waals surface area contributed by atoms with Crippen molar-refractivity contribution < 1.29 is 38.5 Å². The first-order valence-electron chi connectivity index (χ1n) is 8.41. The van der Waals surface area contributed by atoms with Crippen molar-refractivity contribution in [2.75, 3.05) is 6.61 Å². The maximum atomic E-state index is 12.0. The van der Waals surface area contributed by atoms with Crippen molar-refractivity contribution in [1.29, 1.82) is 0 Å². The zero-order valence-electron chi connectivity index (χ0n) is 14.4. The van der Waals surface area contributed by atoms with Gasteiger partial charge in [-0.15, -0.1) is 0 Å². The number of ether oxygens (including phenoxy) is 3. The van der Waals surface area contributed by atoms with Gasteiger partial charge in [-0.05, 0) is 27.2 Å². The fourth-order valence-electron chi connectivity index (χ4n) is 4.14. The monoisotopic (exact) mass is 354 g/mol. The molecule has 0 amide bonds. The van der Waals surface area contributed by atoms with Crippen LogP contribution < -0.4 is 0 Å². The van der Waals surface area contributed by atoms with Gasteiger partial charge in [0, 0.05) is 11.8 Å². The zero-order valence-corrected chi connectivity index (χ0v) is 14.4.